The van der Waals surface area contributed by atoms with E-state index < -0.39 is 6.04 Å². The average molecular weight is 267 g/mol. The van der Waals surface area contributed by atoms with Gasteiger partial charge in [-0.25, -0.2) is 4.39 Å². The van der Waals surface area contributed by atoms with Crippen LogP contribution in [0, 0.1) is 5.82 Å². The topological polar surface area (TPSA) is 57.6 Å². The number of hydrogen-bond acceptors (Lipinski definition) is 2. The largest absolute Gasteiger partial charge is 1.00 e. The molecule has 0 saturated heterocycles. The summed E-state index contributed by atoms with van der Waals surface area (Å²) in [7, 11) is 0. The number of ketones is 1. The molecule has 5 heteroatoms. The Balaban J connectivity index is 0.00000162. The summed E-state index contributed by atoms with van der Waals surface area (Å²) < 4.78 is 12.7. The molecular weight excluding hydrogens is 255 g/mol. The lowest BCUT2D eigenvalue weighted by Gasteiger charge is -2.07. The summed E-state index contributed by atoms with van der Waals surface area (Å²) in [5, 5.41) is 0. The van der Waals surface area contributed by atoms with Gasteiger partial charge in [-0.1, -0.05) is 0 Å². The van der Waals surface area contributed by atoms with E-state index in [9.17, 15) is 9.18 Å². The number of aromatic nitrogens is 1. The van der Waals surface area contributed by atoms with Gasteiger partial charge < -0.3 is 18.1 Å². The molecule has 1 unspecified atom stereocenters. The van der Waals surface area contributed by atoms with Crippen LogP contribution < -0.4 is 18.1 Å². The quantitative estimate of drug-likeness (QED) is 0.680. The predicted molar refractivity (Wildman–Crippen MR) is 60.6 cm³/mol. The van der Waals surface area contributed by atoms with Gasteiger partial charge in [0.2, 0.25) is 5.78 Å². The van der Waals surface area contributed by atoms with Crippen molar-refractivity contribution in [2.24, 2.45) is 0 Å². The second-order valence-electron chi connectivity index (χ2n) is 3.70. The lowest BCUT2D eigenvalue weighted by atomic mass is 9.99. The highest BCUT2D eigenvalue weighted by atomic mass is 35.5. The molecule has 0 aliphatic rings. The Morgan fingerprint density at radius 1 is 1.11 bits per heavy atom. The molecule has 0 bridgehead atoms. The lowest BCUT2D eigenvalue weighted by Crippen LogP contribution is -3.00. The highest BCUT2D eigenvalue weighted by Gasteiger charge is 2.20. The normalized spacial score (nSPS) is 11.4. The van der Waals surface area contributed by atoms with Crippen LogP contribution in [0.2, 0.25) is 0 Å². The second-order valence-corrected chi connectivity index (χ2v) is 3.70. The van der Waals surface area contributed by atoms with E-state index in [1.165, 1.54) is 24.3 Å². The number of carbonyl (C=O) groups is 1. The first-order chi connectivity index (χ1) is 8.18. The Bertz CT molecular complexity index is 516. The number of nitrogens with zero attached hydrogens (tertiary/aromatic N) is 1. The van der Waals surface area contributed by atoms with Gasteiger partial charge in [0.1, 0.15) is 5.82 Å². The smallest absolute Gasteiger partial charge is 0.224 e. The minimum Gasteiger partial charge on any atom is -1.00 e. The van der Waals surface area contributed by atoms with Gasteiger partial charge in [0.05, 0.1) is 0 Å². The molecule has 0 amide bonds. The van der Waals surface area contributed by atoms with E-state index in [4.69, 9.17) is 0 Å². The van der Waals surface area contributed by atoms with E-state index in [1.54, 1.807) is 24.5 Å². The van der Waals surface area contributed by atoms with E-state index >= 15 is 0 Å². The zero-order valence-electron chi connectivity index (χ0n) is 9.51. The summed E-state index contributed by atoms with van der Waals surface area (Å²) in [4.78, 5) is 15.9. The molecule has 0 radical (unpaired) electrons. The molecule has 3 N–H and O–H groups in total. The standard InChI is InChI=1S/C13H11FN2O.ClH/c14-11-3-1-10(2-4-11)13(17)12(15)9-5-7-16-8-6-9;/h1-8,12H,15H2;1H. The fourth-order valence-electron chi connectivity index (χ4n) is 1.56. The first-order valence-electron chi connectivity index (χ1n) is 5.21. The zero-order chi connectivity index (χ0) is 12.3. The van der Waals surface area contributed by atoms with Gasteiger partial charge in [-0.15, -0.1) is 0 Å². The summed E-state index contributed by atoms with van der Waals surface area (Å²) in [6.45, 7) is 0. The first kappa shape index (κ1) is 14.3. The van der Waals surface area contributed by atoms with Crippen molar-refractivity contribution in [1.29, 1.82) is 0 Å². The van der Waals surface area contributed by atoms with Crippen LogP contribution in [0.15, 0.2) is 48.8 Å². The van der Waals surface area contributed by atoms with Crippen molar-refractivity contribution in [3.8, 4) is 0 Å². The van der Waals surface area contributed by atoms with E-state index in [2.05, 4.69) is 10.7 Å². The molecular formula is C13H12ClFN2O. The van der Waals surface area contributed by atoms with E-state index in [-0.39, 0.29) is 24.0 Å². The third-order valence-corrected chi connectivity index (χ3v) is 2.55. The third kappa shape index (κ3) is 3.12. The van der Waals surface area contributed by atoms with Gasteiger partial charge in [0.25, 0.3) is 0 Å². The zero-order valence-corrected chi connectivity index (χ0v) is 10.3. The highest BCUT2D eigenvalue weighted by molar-refractivity contribution is 5.99. The number of rotatable bonds is 3. The SMILES string of the molecule is [Cl-].[NH3+]C(C(=O)c1ccc(F)cc1)c1ccncc1. The average Bonchev–Trinajstić information content (AvgIpc) is 2.39. The number of quaternary nitrogens is 1. The molecule has 0 spiro atoms. The Morgan fingerprint density at radius 2 is 1.67 bits per heavy atom. The minimum absolute atomic E-state index is 0. The maximum absolute atomic E-state index is 12.7. The number of hydrogen-bond donors (Lipinski definition) is 1. The third-order valence-electron chi connectivity index (χ3n) is 2.55. The van der Waals surface area contributed by atoms with Crippen LogP contribution in [0.4, 0.5) is 4.39 Å². The van der Waals surface area contributed by atoms with Crippen LogP contribution in [0.3, 0.4) is 0 Å². The summed E-state index contributed by atoms with van der Waals surface area (Å²) in [5.74, 6) is -0.484. The molecule has 1 aromatic heterocycles. The summed E-state index contributed by atoms with van der Waals surface area (Å²) in [6, 6.07) is 8.48. The molecule has 94 valence electrons. The summed E-state index contributed by atoms with van der Waals surface area (Å²) in [5.41, 5.74) is 5.10. The van der Waals surface area contributed by atoms with Crippen molar-refractivity contribution in [2.45, 2.75) is 6.04 Å². The van der Waals surface area contributed by atoms with E-state index in [1.807, 2.05) is 0 Å². The van der Waals surface area contributed by atoms with Crippen molar-refractivity contribution in [2.75, 3.05) is 0 Å². The predicted octanol–water partition coefficient (Wildman–Crippen LogP) is -1.61. The molecule has 2 rings (SSSR count). The van der Waals surface area contributed by atoms with Gasteiger partial charge in [-0.3, -0.25) is 9.78 Å². The van der Waals surface area contributed by atoms with Crippen LogP contribution >= 0.6 is 0 Å². The molecule has 0 saturated carbocycles. The Labute approximate surface area is 110 Å². The van der Waals surface area contributed by atoms with Crippen molar-refractivity contribution in [3.63, 3.8) is 0 Å². The molecule has 1 heterocycles. The van der Waals surface area contributed by atoms with Gasteiger partial charge in [-0.2, -0.15) is 0 Å². The lowest BCUT2D eigenvalue weighted by molar-refractivity contribution is -0.404. The molecule has 0 fully saturated rings. The molecule has 3 nitrogen and oxygen atoms in total. The Kier molecular flexibility index (Phi) is 4.95. The van der Waals surface area contributed by atoms with Gasteiger partial charge in [-0.05, 0) is 36.4 Å². The maximum atomic E-state index is 12.7. The van der Waals surface area contributed by atoms with Crippen LogP contribution in [-0.4, -0.2) is 10.8 Å². The number of pyridine rings is 1. The number of benzene rings is 1. The van der Waals surface area contributed by atoms with Crippen molar-refractivity contribution >= 4 is 5.78 Å². The van der Waals surface area contributed by atoms with Gasteiger partial charge in [0, 0.05) is 23.5 Å². The molecule has 0 aliphatic carbocycles. The van der Waals surface area contributed by atoms with Crippen molar-refractivity contribution < 1.29 is 27.3 Å². The van der Waals surface area contributed by atoms with E-state index in [0.717, 1.165) is 5.56 Å². The molecule has 2 aromatic rings. The fourth-order valence-corrected chi connectivity index (χ4v) is 1.56. The number of Topliss-reactive ketones (excluding diaryl/α,β-unsaturated/α-hetero) is 1. The highest BCUT2D eigenvalue weighted by Crippen LogP contribution is 2.14. The van der Waals surface area contributed by atoms with Crippen molar-refractivity contribution in [1.82, 2.24) is 4.98 Å². The van der Waals surface area contributed by atoms with Gasteiger partial charge >= 0.3 is 0 Å². The van der Waals surface area contributed by atoms with Crippen LogP contribution in [0.1, 0.15) is 22.0 Å². The van der Waals surface area contributed by atoms with E-state index in [0.29, 0.717) is 5.56 Å². The molecule has 1 aromatic carbocycles. The molecule has 1 atom stereocenters. The fraction of sp³-hybridized carbons (Fsp3) is 0.0769. The maximum Gasteiger partial charge on any atom is 0.224 e. The van der Waals surface area contributed by atoms with Crippen LogP contribution in [0.25, 0.3) is 0 Å². The monoisotopic (exact) mass is 266 g/mol. The number of halogens is 2. The van der Waals surface area contributed by atoms with Crippen LogP contribution in [-0.2, 0) is 0 Å². The van der Waals surface area contributed by atoms with Crippen molar-refractivity contribution in [3.05, 3.63) is 65.7 Å². The molecule has 0 aliphatic heterocycles. The number of carbonyl (C=O) groups excluding carboxylic acids is 1. The van der Waals surface area contributed by atoms with Gasteiger partial charge in [0.15, 0.2) is 6.04 Å². The first-order valence-corrected chi connectivity index (χ1v) is 5.21. The minimum atomic E-state index is -0.497. The summed E-state index contributed by atoms with van der Waals surface area (Å²) >= 11 is 0. The summed E-state index contributed by atoms with van der Waals surface area (Å²) in [6.07, 6.45) is 3.23. The Morgan fingerprint density at radius 3 is 2.22 bits per heavy atom. The second kappa shape index (κ2) is 6.23. The Hall–Kier alpha value is -1.78. The van der Waals surface area contributed by atoms with Crippen LogP contribution in [0.5, 0.6) is 0 Å². The molecule has 18 heavy (non-hydrogen) atoms.